The standard InChI is InChI=1S/C24H26O7/c1-2-22(25)30-15-19(31-24(28)21-10-6-5-9-20(21)23(26)27)14-29-18-12-11-16-7-3-4-8-17(16)13-18/h2-4,7-8,11-13,19-21H,1,5-6,9-10,14-15H2,(H,26,27). The lowest BCUT2D eigenvalue weighted by Crippen LogP contribution is -2.38. The Morgan fingerprint density at radius 2 is 1.74 bits per heavy atom. The Bertz CT molecular complexity index is 952. The van der Waals surface area contributed by atoms with E-state index in [1.54, 1.807) is 6.07 Å². The van der Waals surface area contributed by atoms with Gasteiger partial charge in [0.05, 0.1) is 11.8 Å². The van der Waals surface area contributed by atoms with Crippen LogP contribution < -0.4 is 4.74 Å². The van der Waals surface area contributed by atoms with Crippen molar-refractivity contribution in [3.63, 3.8) is 0 Å². The van der Waals surface area contributed by atoms with Gasteiger partial charge in [-0.05, 0) is 35.7 Å². The van der Waals surface area contributed by atoms with Gasteiger partial charge in [0.25, 0.3) is 0 Å². The number of carbonyl (C=O) groups is 3. The van der Waals surface area contributed by atoms with Crippen molar-refractivity contribution in [3.05, 3.63) is 55.1 Å². The van der Waals surface area contributed by atoms with Gasteiger partial charge in [-0.3, -0.25) is 9.59 Å². The fraction of sp³-hybridized carbons (Fsp3) is 0.375. The van der Waals surface area contributed by atoms with Crippen LogP contribution in [0.3, 0.4) is 0 Å². The Hall–Kier alpha value is -3.35. The molecule has 2 aromatic carbocycles. The van der Waals surface area contributed by atoms with E-state index in [1.807, 2.05) is 36.4 Å². The Kier molecular flexibility index (Phi) is 7.65. The van der Waals surface area contributed by atoms with Crippen molar-refractivity contribution in [2.45, 2.75) is 31.8 Å². The molecule has 3 rings (SSSR count). The molecular formula is C24H26O7. The highest BCUT2D eigenvalue weighted by Crippen LogP contribution is 2.31. The first-order valence-electron chi connectivity index (χ1n) is 10.3. The van der Waals surface area contributed by atoms with Gasteiger partial charge >= 0.3 is 17.9 Å². The SMILES string of the molecule is C=CC(=O)OCC(COc1ccc2ccccc2c1)OC(=O)C1CCCCC1C(=O)O. The topological polar surface area (TPSA) is 99.1 Å². The molecule has 164 valence electrons. The minimum Gasteiger partial charge on any atom is -0.490 e. The number of carboxylic acids is 1. The maximum Gasteiger partial charge on any atom is 0.330 e. The van der Waals surface area contributed by atoms with Crippen LogP contribution in [-0.2, 0) is 23.9 Å². The van der Waals surface area contributed by atoms with Crippen LogP contribution in [0.2, 0.25) is 0 Å². The third kappa shape index (κ3) is 6.07. The van der Waals surface area contributed by atoms with Crippen LogP contribution in [0.5, 0.6) is 5.75 Å². The molecule has 7 heteroatoms. The van der Waals surface area contributed by atoms with E-state index < -0.39 is 35.8 Å². The summed E-state index contributed by atoms with van der Waals surface area (Å²) in [6, 6.07) is 13.4. The van der Waals surface area contributed by atoms with Gasteiger partial charge in [-0.25, -0.2) is 4.79 Å². The molecule has 3 atom stereocenters. The quantitative estimate of drug-likeness (QED) is 0.481. The highest BCUT2D eigenvalue weighted by molar-refractivity contribution is 5.84. The zero-order chi connectivity index (χ0) is 22.2. The van der Waals surface area contributed by atoms with E-state index in [9.17, 15) is 19.5 Å². The molecule has 0 bridgehead atoms. The van der Waals surface area contributed by atoms with Crippen molar-refractivity contribution >= 4 is 28.7 Å². The number of carbonyl (C=O) groups excluding carboxylic acids is 2. The summed E-state index contributed by atoms with van der Waals surface area (Å²) in [5.74, 6) is -3.15. The lowest BCUT2D eigenvalue weighted by molar-refractivity contribution is -0.169. The van der Waals surface area contributed by atoms with E-state index in [0.29, 0.717) is 18.6 Å². The highest BCUT2D eigenvalue weighted by Gasteiger charge is 2.38. The average Bonchev–Trinajstić information content (AvgIpc) is 2.80. The van der Waals surface area contributed by atoms with E-state index in [4.69, 9.17) is 14.2 Å². The predicted octanol–water partition coefficient (Wildman–Crippen LogP) is 3.75. The predicted molar refractivity (Wildman–Crippen MR) is 114 cm³/mol. The van der Waals surface area contributed by atoms with Gasteiger partial charge in [0, 0.05) is 6.08 Å². The molecule has 31 heavy (non-hydrogen) atoms. The van der Waals surface area contributed by atoms with Crippen LogP contribution in [0.1, 0.15) is 25.7 Å². The molecule has 0 aliphatic heterocycles. The number of carboxylic acid groups (broad SMARTS) is 1. The second-order valence-electron chi connectivity index (χ2n) is 7.55. The van der Waals surface area contributed by atoms with Crippen LogP contribution in [-0.4, -0.2) is 42.3 Å². The summed E-state index contributed by atoms with van der Waals surface area (Å²) in [7, 11) is 0. The van der Waals surface area contributed by atoms with Crippen molar-refractivity contribution in [2.24, 2.45) is 11.8 Å². The molecule has 0 heterocycles. The van der Waals surface area contributed by atoms with Gasteiger partial charge in [0.2, 0.25) is 0 Å². The molecule has 3 unspecified atom stereocenters. The lowest BCUT2D eigenvalue weighted by atomic mass is 9.79. The summed E-state index contributed by atoms with van der Waals surface area (Å²) in [5, 5.41) is 11.5. The third-order valence-electron chi connectivity index (χ3n) is 5.40. The third-order valence-corrected chi connectivity index (χ3v) is 5.40. The summed E-state index contributed by atoms with van der Waals surface area (Å²) in [6.07, 6.45) is 2.59. The van der Waals surface area contributed by atoms with Crippen LogP contribution in [0, 0.1) is 11.8 Å². The van der Waals surface area contributed by atoms with Gasteiger partial charge in [0.1, 0.15) is 19.0 Å². The van der Waals surface area contributed by atoms with Gasteiger partial charge < -0.3 is 19.3 Å². The molecule has 1 aliphatic rings. The number of hydrogen-bond donors (Lipinski definition) is 1. The van der Waals surface area contributed by atoms with Crippen molar-refractivity contribution in [1.82, 2.24) is 0 Å². The molecule has 0 aromatic heterocycles. The largest absolute Gasteiger partial charge is 0.490 e. The molecule has 7 nitrogen and oxygen atoms in total. The molecule has 0 amide bonds. The summed E-state index contributed by atoms with van der Waals surface area (Å²) in [5.41, 5.74) is 0. The van der Waals surface area contributed by atoms with Crippen molar-refractivity contribution in [1.29, 1.82) is 0 Å². The number of fused-ring (bicyclic) bond motifs is 1. The monoisotopic (exact) mass is 426 g/mol. The summed E-state index contributed by atoms with van der Waals surface area (Å²) >= 11 is 0. The molecular weight excluding hydrogens is 400 g/mol. The first-order valence-corrected chi connectivity index (χ1v) is 10.3. The highest BCUT2D eigenvalue weighted by atomic mass is 16.6. The van der Waals surface area contributed by atoms with Crippen molar-refractivity contribution in [2.75, 3.05) is 13.2 Å². The smallest absolute Gasteiger partial charge is 0.330 e. The molecule has 0 spiro atoms. The summed E-state index contributed by atoms with van der Waals surface area (Å²) < 4.78 is 16.4. The molecule has 1 fully saturated rings. The zero-order valence-corrected chi connectivity index (χ0v) is 17.2. The molecule has 2 aromatic rings. The van der Waals surface area contributed by atoms with E-state index >= 15 is 0 Å². The molecule has 0 radical (unpaired) electrons. The second-order valence-corrected chi connectivity index (χ2v) is 7.55. The molecule has 1 N–H and O–H groups in total. The number of aliphatic carboxylic acids is 1. The Morgan fingerprint density at radius 1 is 1.03 bits per heavy atom. The number of hydrogen-bond acceptors (Lipinski definition) is 6. The van der Waals surface area contributed by atoms with Gasteiger partial charge in [-0.1, -0.05) is 49.8 Å². The van der Waals surface area contributed by atoms with E-state index in [-0.39, 0.29) is 13.2 Å². The summed E-state index contributed by atoms with van der Waals surface area (Å²) in [4.78, 5) is 35.7. The lowest BCUT2D eigenvalue weighted by Gasteiger charge is -2.28. The minimum absolute atomic E-state index is 0.0427. The number of rotatable bonds is 9. The minimum atomic E-state index is -0.997. The second kappa shape index (κ2) is 10.6. The van der Waals surface area contributed by atoms with Crippen LogP contribution in [0.15, 0.2) is 55.1 Å². The molecule has 1 aliphatic carbocycles. The normalized spacial score (nSPS) is 19.2. The first kappa shape index (κ1) is 22.3. The van der Waals surface area contributed by atoms with Gasteiger partial charge in [0.15, 0.2) is 6.10 Å². The van der Waals surface area contributed by atoms with E-state index in [1.165, 1.54) is 0 Å². The first-order chi connectivity index (χ1) is 15.0. The van der Waals surface area contributed by atoms with Gasteiger partial charge in [-0.2, -0.15) is 0 Å². The Morgan fingerprint density at radius 3 is 2.45 bits per heavy atom. The average molecular weight is 426 g/mol. The van der Waals surface area contributed by atoms with Crippen molar-refractivity contribution < 1.29 is 33.7 Å². The van der Waals surface area contributed by atoms with Crippen LogP contribution in [0.4, 0.5) is 0 Å². The number of esters is 2. The maximum atomic E-state index is 12.7. The molecule has 1 saturated carbocycles. The Balaban J connectivity index is 1.67. The Labute approximate surface area is 180 Å². The van der Waals surface area contributed by atoms with Crippen LogP contribution >= 0.6 is 0 Å². The van der Waals surface area contributed by atoms with Gasteiger partial charge in [-0.15, -0.1) is 0 Å². The fourth-order valence-corrected chi connectivity index (χ4v) is 3.76. The maximum absolute atomic E-state index is 12.7. The molecule has 0 saturated heterocycles. The van der Waals surface area contributed by atoms with Crippen LogP contribution in [0.25, 0.3) is 10.8 Å². The summed E-state index contributed by atoms with van der Waals surface area (Å²) in [6.45, 7) is 3.09. The van der Waals surface area contributed by atoms with E-state index in [2.05, 4.69) is 6.58 Å². The number of benzene rings is 2. The zero-order valence-electron chi connectivity index (χ0n) is 17.2. The van der Waals surface area contributed by atoms with Crippen molar-refractivity contribution in [3.8, 4) is 5.75 Å². The van der Waals surface area contributed by atoms with E-state index in [0.717, 1.165) is 29.7 Å². The fourth-order valence-electron chi connectivity index (χ4n) is 3.76. The number of ether oxygens (including phenoxy) is 3.